The normalized spacial score (nSPS) is 15.0. The molecule has 4 nitrogen and oxygen atoms in total. The summed E-state index contributed by atoms with van der Waals surface area (Å²) in [6, 6.07) is 22.9. The summed E-state index contributed by atoms with van der Waals surface area (Å²) in [6.45, 7) is 2.20. The fourth-order valence-electron chi connectivity index (χ4n) is 3.05. The summed E-state index contributed by atoms with van der Waals surface area (Å²) < 4.78 is 0. The van der Waals surface area contributed by atoms with Crippen LogP contribution < -0.4 is 5.32 Å². The molecule has 0 saturated carbocycles. The standard InChI is InChI=1S/C24H19ClN2O2S/c1-16-6-10-19(11-7-16)30-20-12-8-17(9-13-20)14-22-23(28)27(24(29)26-22)15-18-4-2-3-5-21(18)25/h2-14H,15H2,1H3,(H,26,29)/b22-14-. The van der Waals surface area contributed by atoms with E-state index in [-0.39, 0.29) is 18.1 Å². The molecular weight excluding hydrogens is 416 g/mol. The average molecular weight is 435 g/mol. The summed E-state index contributed by atoms with van der Waals surface area (Å²) in [6.07, 6.45) is 1.69. The highest BCUT2D eigenvalue weighted by atomic mass is 35.5. The van der Waals surface area contributed by atoms with E-state index < -0.39 is 6.03 Å². The van der Waals surface area contributed by atoms with Crippen LogP contribution in [0.15, 0.2) is 88.3 Å². The molecule has 1 aliphatic heterocycles. The van der Waals surface area contributed by atoms with E-state index >= 15 is 0 Å². The molecule has 1 aliphatic rings. The Bertz CT molecular complexity index is 1120. The van der Waals surface area contributed by atoms with E-state index in [2.05, 4.69) is 36.5 Å². The maximum atomic E-state index is 12.7. The van der Waals surface area contributed by atoms with Crippen molar-refractivity contribution >= 4 is 41.4 Å². The Morgan fingerprint density at radius 3 is 2.23 bits per heavy atom. The second-order valence-corrected chi connectivity index (χ2v) is 8.51. The molecule has 3 aromatic carbocycles. The zero-order chi connectivity index (χ0) is 21.1. The molecule has 3 amide bonds. The lowest BCUT2D eigenvalue weighted by molar-refractivity contribution is -0.123. The first-order valence-electron chi connectivity index (χ1n) is 9.42. The average Bonchev–Trinajstić information content (AvgIpc) is 3.00. The van der Waals surface area contributed by atoms with Crippen molar-refractivity contribution in [2.24, 2.45) is 0 Å². The summed E-state index contributed by atoms with van der Waals surface area (Å²) in [5.74, 6) is -0.363. The SMILES string of the molecule is Cc1ccc(Sc2ccc(/C=C3\NC(=O)N(Cc4ccccc4Cl)C3=O)cc2)cc1. The highest BCUT2D eigenvalue weighted by Crippen LogP contribution is 2.28. The van der Waals surface area contributed by atoms with Crippen molar-refractivity contribution in [3.8, 4) is 0 Å². The summed E-state index contributed by atoms with van der Waals surface area (Å²) >= 11 is 7.83. The monoisotopic (exact) mass is 434 g/mol. The largest absolute Gasteiger partial charge is 0.329 e. The van der Waals surface area contributed by atoms with E-state index in [1.807, 2.05) is 36.4 Å². The Kier molecular flexibility index (Phi) is 5.93. The van der Waals surface area contributed by atoms with Crippen LogP contribution in [0.5, 0.6) is 0 Å². The topological polar surface area (TPSA) is 49.4 Å². The second-order valence-electron chi connectivity index (χ2n) is 6.96. The van der Waals surface area contributed by atoms with Gasteiger partial charge < -0.3 is 5.32 Å². The number of hydrogen-bond acceptors (Lipinski definition) is 3. The molecule has 0 spiro atoms. The molecule has 30 heavy (non-hydrogen) atoms. The highest BCUT2D eigenvalue weighted by molar-refractivity contribution is 7.99. The number of benzene rings is 3. The molecule has 150 valence electrons. The van der Waals surface area contributed by atoms with Crippen molar-refractivity contribution in [1.82, 2.24) is 10.2 Å². The minimum absolute atomic E-state index is 0.133. The van der Waals surface area contributed by atoms with Gasteiger partial charge in [0, 0.05) is 14.8 Å². The van der Waals surface area contributed by atoms with Crippen molar-refractivity contribution in [3.05, 3.63) is 100 Å². The van der Waals surface area contributed by atoms with Crippen molar-refractivity contribution in [2.45, 2.75) is 23.3 Å². The van der Waals surface area contributed by atoms with Crippen LogP contribution in [0.2, 0.25) is 5.02 Å². The Morgan fingerprint density at radius 2 is 1.57 bits per heavy atom. The van der Waals surface area contributed by atoms with Crippen LogP contribution in [0.3, 0.4) is 0 Å². The Morgan fingerprint density at radius 1 is 0.933 bits per heavy atom. The third-order valence-corrected chi connectivity index (χ3v) is 6.08. The molecule has 0 aliphatic carbocycles. The van der Waals surface area contributed by atoms with Gasteiger partial charge in [-0.15, -0.1) is 0 Å². The number of halogens is 1. The number of nitrogens with one attached hydrogen (secondary N) is 1. The van der Waals surface area contributed by atoms with E-state index in [4.69, 9.17) is 11.6 Å². The lowest BCUT2D eigenvalue weighted by Crippen LogP contribution is -2.30. The van der Waals surface area contributed by atoms with E-state index in [0.29, 0.717) is 5.02 Å². The first kappa shape index (κ1) is 20.3. The molecule has 0 radical (unpaired) electrons. The highest BCUT2D eigenvalue weighted by Gasteiger charge is 2.33. The van der Waals surface area contributed by atoms with Crippen LogP contribution in [-0.2, 0) is 11.3 Å². The van der Waals surface area contributed by atoms with Crippen LogP contribution in [0, 0.1) is 6.92 Å². The van der Waals surface area contributed by atoms with Gasteiger partial charge in [0.1, 0.15) is 5.70 Å². The molecule has 1 N–H and O–H groups in total. The van der Waals surface area contributed by atoms with Crippen LogP contribution in [-0.4, -0.2) is 16.8 Å². The molecular formula is C24H19ClN2O2S. The fourth-order valence-corrected chi connectivity index (χ4v) is 4.07. The molecule has 0 unspecified atom stereocenters. The summed E-state index contributed by atoms with van der Waals surface area (Å²) in [5, 5.41) is 3.18. The predicted molar refractivity (Wildman–Crippen MR) is 120 cm³/mol. The molecule has 0 atom stereocenters. The van der Waals surface area contributed by atoms with E-state index in [1.165, 1.54) is 10.5 Å². The minimum atomic E-state index is -0.447. The smallest absolute Gasteiger partial charge is 0.303 e. The maximum absolute atomic E-state index is 12.7. The van der Waals surface area contributed by atoms with Crippen molar-refractivity contribution < 1.29 is 9.59 Å². The van der Waals surface area contributed by atoms with Gasteiger partial charge in [-0.2, -0.15) is 0 Å². The van der Waals surface area contributed by atoms with Gasteiger partial charge >= 0.3 is 6.03 Å². The summed E-state index contributed by atoms with van der Waals surface area (Å²) in [5.41, 5.74) is 3.05. The zero-order valence-corrected chi connectivity index (χ0v) is 17.8. The van der Waals surface area contributed by atoms with E-state index in [9.17, 15) is 9.59 Å². The van der Waals surface area contributed by atoms with Crippen LogP contribution in [0.1, 0.15) is 16.7 Å². The lowest BCUT2D eigenvalue weighted by Gasteiger charge is -2.12. The Balaban J connectivity index is 1.46. The van der Waals surface area contributed by atoms with Gasteiger partial charge in [-0.05, 0) is 54.5 Å². The van der Waals surface area contributed by atoms with Crippen molar-refractivity contribution in [1.29, 1.82) is 0 Å². The molecule has 3 aromatic rings. The molecule has 0 aromatic heterocycles. The number of aryl methyl sites for hydroxylation is 1. The first-order valence-corrected chi connectivity index (χ1v) is 10.6. The third-order valence-electron chi connectivity index (χ3n) is 4.70. The second kappa shape index (κ2) is 8.78. The maximum Gasteiger partial charge on any atom is 0.329 e. The molecule has 1 heterocycles. The third kappa shape index (κ3) is 4.58. The number of nitrogens with zero attached hydrogens (tertiary/aromatic N) is 1. The van der Waals surface area contributed by atoms with Gasteiger partial charge in [0.2, 0.25) is 0 Å². The lowest BCUT2D eigenvalue weighted by atomic mass is 10.2. The Hall–Kier alpha value is -3.02. The van der Waals surface area contributed by atoms with Crippen LogP contribution in [0.25, 0.3) is 6.08 Å². The number of urea groups is 1. The van der Waals surface area contributed by atoms with Gasteiger partial charge in [0.15, 0.2) is 0 Å². The number of rotatable bonds is 5. The molecule has 6 heteroatoms. The van der Waals surface area contributed by atoms with Crippen LogP contribution >= 0.6 is 23.4 Å². The molecule has 1 fully saturated rings. The zero-order valence-electron chi connectivity index (χ0n) is 16.3. The quantitative estimate of drug-likeness (QED) is 0.402. The molecule has 1 saturated heterocycles. The van der Waals surface area contributed by atoms with Crippen molar-refractivity contribution in [3.63, 3.8) is 0 Å². The van der Waals surface area contributed by atoms with Crippen LogP contribution in [0.4, 0.5) is 4.79 Å². The molecule has 4 rings (SSSR count). The van der Waals surface area contributed by atoms with Crippen molar-refractivity contribution in [2.75, 3.05) is 0 Å². The predicted octanol–water partition coefficient (Wildman–Crippen LogP) is 5.89. The number of carbonyl (C=O) groups is 2. The fraction of sp³-hybridized carbons (Fsp3) is 0.0833. The summed E-state index contributed by atoms with van der Waals surface area (Å²) in [7, 11) is 0. The minimum Gasteiger partial charge on any atom is -0.303 e. The number of amides is 3. The number of hydrogen-bond donors (Lipinski definition) is 1. The van der Waals surface area contributed by atoms with E-state index in [1.54, 1.807) is 30.0 Å². The van der Waals surface area contributed by atoms with E-state index in [0.717, 1.165) is 20.9 Å². The van der Waals surface area contributed by atoms with Gasteiger partial charge in [-0.3, -0.25) is 9.69 Å². The first-order chi connectivity index (χ1) is 14.5. The summed E-state index contributed by atoms with van der Waals surface area (Å²) in [4.78, 5) is 28.4. The van der Waals surface area contributed by atoms with Gasteiger partial charge in [-0.25, -0.2) is 4.79 Å². The molecule has 0 bridgehead atoms. The number of carbonyl (C=O) groups excluding carboxylic acids is 2. The Labute approximate surface area is 184 Å². The van der Waals surface area contributed by atoms with Gasteiger partial charge in [-0.1, -0.05) is 71.4 Å². The van der Waals surface area contributed by atoms with Gasteiger partial charge in [0.25, 0.3) is 5.91 Å². The van der Waals surface area contributed by atoms with Gasteiger partial charge in [0.05, 0.1) is 6.54 Å². The number of imide groups is 1.